The lowest BCUT2D eigenvalue weighted by Gasteiger charge is -2.10. The van der Waals surface area contributed by atoms with Crippen molar-refractivity contribution in [2.24, 2.45) is 0 Å². The van der Waals surface area contributed by atoms with E-state index in [1.807, 2.05) is 0 Å². The Morgan fingerprint density at radius 2 is 2.21 bits per heavy atom. The summed E-state index contributed by atoms with van der Waals surface area (Å²) in [4.78, 5) is 12.7. The highest BCUT2D eigenvalue weighted by Gasteiger charge is 2.01. The quantitative estimate of drug-likeness (QED) is 0.492. The average molecular weight is 214 g/mol. The van der Waals surface area contributed by atoms with Gasteiger partial charge in [0.1, 0.15) is 0 Å². The molecule has 0 spiro atoms. The summed E-state index contributed by atoms with van der Waals surface area (Å²) in [6.07, 6.45) is 5.66. The molecule has 0 rings (SSSR count). The van der Waals surface area contributed by atoms with E-state index in [1.165, 1.54) is 0 Å². The van der Waals surface area contributed by atoms with E-state index in [0.29, 0.717) is 6.42 Å². The summed E-state index contributed by atoms with van der Waals surface area (Å²) in [6.45, 7) is 1.65. The zero-order valence-corrected chi connectivity index (χ0v) is 9.69. The molecule has 0 aliphatic carbocycles. The molecule has 1 N–H and O–H groups in total. The molecular formula is C10H18N2OS. The average Bonchev–Trinajstić information content (AvgIpc) is 2.16. The molecule has 0 saturated heterocycles. The number of hydrogen-bond acceptors (Lipinski definition) is 3. The Labute approximate surface area is 90.6 Å². The lowest BCUT2D eigenvalue weighted by Crippen LogP contribution is -2.27. The van der Waals surface area contributed by atoms with E-state index in [-0.39, 0.29) is 5.91 Å². The molecule has 0 atom stereocenters. The maximum absolute atomic E-state index is 11.1. The zero-order chi connectivity index (χ0) is 10.8. The number of rotatable bonds is 7. The van der Waals surface area contributed by atoms with Gasteiger partial charge in [-0.3, -0.25) is 4.79 Å². The molecule has 0 radical (unpaired) electrons. The summed E-state index contributed by atoms with van der Waals surface area (Å²) in [6, 6.07) is 0. The minimum Gasteiger partial charge on any atom is -0.349 e. The molecule has 0 aromatic carbocycles. The van der Waals surface area contributed by atoms with Crippen LogP contribution in [0, 0.1) is 12.3 Å². The summed E-state index contributed by atoms with van der Waals surface area (Å²) in [5.74, 6) is 4.49. The molecule has 0 saturated carbocycles. The smallest absolute Gasteiger partial charge is 0.223 e. The molecule has 0 aromatic heterocycles. The molecule has 80 valence electrons. The third-order valence-corrected chi connectivity index (χ3v) is 2.49. The van der Waals surface area contributed by atoms with E-state index < -0.39 is 0 Å². The number of nitrogens with zero attached hydrogens (tertiary/aromatic N) is 1. The van der Waals surface area contributed by atoms with Crippen LogP contribution in [0.15, 0.2) is 0 Å². The third-order valence-electron chi connectivity index (χ3n) is 1.62. The fourth-order valence-corrected chi connectivity index (χ4v) is 1.37. The Morgan fingerprint density at radius 3 is 2.79 bits per heavy atom. The highest BCUT2D eigenvalue weighted by atomic mass is 32.2. The van der Waals surface area contributed by atoms with E-state index >= 15 is 0 Å². The first-order valence-corrected chi connectivity index (χ1v) is 5.76. The van der Waals surface area contributed by atoms with E-state index in [4.69, 9.17) is 6.42 Å². The third kappa shape index (κ3) is 7.96. The van der Waals surface area contributed by atoms with E-state index in [9.17, 15) is 4.79 Å². The Kier molecular flexibility index (Phi) is 8.50. The van der Waals surface area contributed by atoms with Gasteiger partial charge >= 0.3 is 0 Å². The molecule has 0 aliphatic heterocycles. The monoisotopic (exact) mass is 214 g/mol. The van der Waals surface area contributed by atoms with E-state index in [2.05, 4.69) is 11.2 Å². The van der Waals surface area contributed by atoms with Crippen molar-refractivity contribution in [1.82, 2.24) is 10.2 Å². The Morgan fingerprint density at radius 1 is 1.50 bits per heavy atom. The van der Waals surface area contributed by atoms with Gasteiger partial charge in [0.05, 0.1) is 5.75 Å². The highest BCUT2D eigenvalue weighted by Crippen LogP contribution is 1.95. The van der Waals surface area contributed by atoms with Crippen LogP contribution in [0.4, 0.5) is 0 Å². The van der Waals surface area contributed by atoms with Crippen molar-refractivity contribution in [3.05, 3.63) is 0 Å². The Hall–Kier alpha value is -0.660. The van der Waals surface area contributed by atoms with Gasteiger partial charge in [0, 0.05) is 39.4 Å². The number of thioether (sulfide) groups is 1. The summed E-state index contributed by atoms with van der Waals surface area (Å²) < 4.78 is 0. The maximum atomic E-state index is 11.1. The zero-order valence-electron chi connectivity index (χ0n) is 8.88. The summed E-state index contributed by atoms with van der Waals surface area (Å²) in [7, 11) is 3.54. The molecule has 0 aromatic rings. The number of terminal acetylenes is 1. The second-order valence-corrected chi connectivity index (χ2v) is 4.15. The predicted octanol–water partition coefficient (Wildman–Crippen LogP) is 0.421. The second kappa shape index (κ2) is 8.92. The first-order valence-electron chi connectivity index (χ1n) is 4.60. The van der Waals surface area contributed by atoms with Gasteiger partial charge < -0.3 is 10.2 Å². The standard InChI is InChI=1S/C10H18N2OS/c1-4-8-14-9-7-11-6-5-10(13)12(2)3/h1,11H,5-9H2,2-3H3. The van der Waals surface area contributed by atoms with Crippen molar-refractivity contribution >= 4 is 17.7 Å². The van der Waals surface area contributed by atoms with Gasteiger partial charge in [-0.15, -0.1) is 18.2 Å². The number of carbonyl (C=O) groups is 1. The van der Waals surface area contributed by atoms with Gasteiger partial charge in [0.25, 0.3) is 0 Å². The molecule has 0 heterocycles. The van der Waals surface area contributed by atoms with Crippen LogP contribution in [0.2, 0.25) is 0 Å². The number of nitrogens with one attached hydrogen (secondary N) is 1. The molecule has 3 nitrogen and oxygen atoms in total. The van der Waals surface area contributed by atoms with Crippen molar-refractivity contribution < 1.29 is 4.79 Å². The van der Waals surface area contributed by atoms with Crippen LogP contribution in [0.1, 0.15) is 6.42 Å². The predicted molar refractivity (Wildman–Crippen MR) is 62.3 cm³/mol. The van der Waals surface area contributed by atoms with Gasteiger partial charge in [-0.2, -0.15) is 0 Å². The van der Waals surface area contributed by atoms with E-state index in [0.717, 1.165) is 24.6 Å². The van der Waals surface area contributed by atoms with E-state index in [1.54, 1.807) is 30.8 Å². The van der Waals surface area contributed by atoms with Crippen LogP contribution in [0.3, 0.4) is 0 Å². The van der Waals surface area contributed by atoms with Crippen LogP contribution in [-0.4, -0.2) is 49.5 Å². The van der Waals surface area contributed by atoms with Crippen molar-refractivity contribution in [3.63, 3.8) is 0 Å². The molecule has 0 fully saturated rings. The molecule has 14 heavy (non-hydrogen) atoms. The molecule has 0 bridgehead atoms. The fourth-order valence-electron chi connectivity index (χ4n) is 0.819. The number of carbonyl (C=O) groups excluding carboxylic acids is 1. The topological polar surface area (TPSA) is 32.3 Å². The molecule has 0 aliphatic rings. The molecule has 1 amide bonds. The molecule has 0 unspecified atom stereocenters. The van der Waals surface area contributed by atoms with Gasteiger partial charge in [-0.1, -0.05) is 5.92 Å². The van der Waals surface area contributed by atoms with Crippen molar-refractivity contribution in [3.8, 4) is 12.3 Å². The van der Waals surface area contributed by atoms with Crippen LogP contribution in [-0.2, 0) is 4.79 Å². The van der Waals surface area contributed by atoms with Crippen LogP contribution >= 0.6 is 11.8 Å². The first-order chi connectivity index (χ1) is 6.68. The van der Waals surface area contributed by atoms with Crippen LogP contribution in [0.5, 0.6) is 0 Å². The van der Waals surface area contributed by atoms with Crippen molar-refractivity contribution in [1.29, 1.82) is 0 Å². The van der Waals surface area contributed by atoms with Gasteiger partial charge in [0.2, 0.25) is 5.91 Å². The molecular weight excluding hydrogens is 196 g/mol. The highest BCUT2D eigenvalue weighted by molar-refractivity contribution is 7.99. The summed E-state index contributed by atoms with van der Waals surface area (Å²) in [5.41, 5.74) is 0. The van der Waals surface area contributed by atoms with Gasteiger partial charge in [-0.05, 0) is 0 Å². The normalized spacial score (nSPS) is 9.50. The minimum atomic E-state index is 0.161. The largest absolute Gasteiger partial charge is 0.349 e. The minimum absolute atomic E-state index is 0.161. The van der Waals surface area contributed by atoms with Gasteiger partial charge in [-0.25, -0.2) is 0 Å². The summed E-state index contributed by atoms with van der Waals surface area (Å²) in [5, 5.41) is 3.19. The Balaban J connectivity index is 3.14. The first kappa shape index (κ1) is 13.3. The van der Waals surface area contributed by atoms with Crippen molar-refractivity contribution in [2.75, 3.05) is 38.7 Å². The van der Waals surface area contributed by atoms with Crippen LogP contribution < -0.4 is 5.32 Å². The molecule has 4 heteroatoms. The lowest BCUT2D eigenvalue weighted by molar-refractivity contribution is -0.128. The lowest BCUT2D eigenvalue weighted by atomic mass is 10.4. The summed E-state index contributed by atoms with van der Waals surface area (Å²) >= 11 is 1.72. The second-order valence-electron chi connectivity index (χ2n) is 3.04. The fraction of sp³-hybridized carbons (Fsp3) is 0.700. The Bertz CT molecular complexity index is 199. The SMILES string of the molecule is C#CCSCCNCCC(=O)N(C)C. The number of amides is 1. The van der Waals surface area contributed by atoms with Crippen molar-refractivity contribution in [2.45, 2.75) is 6.42 Å². The maximum Gasteiger partial charge on any atom is 0.223 e. The van der Waals surface area contributed by atoms with Crippen LogP contribution in [0.25, 0.3) is 0 Å². The number of hydrogen-bond donors (Lipinski definition) is 1. The van der Waals surface area contributed by atoms with Gasteiger partial charge in [0.15, 0.2) is 0 Å².